The largest absolute Gasteiger partial charge is 0.466 e. The summed E-state index contributed by atoms with van der Waals surface area (Å²) in [4.78, 5) is 27.4. The van der Waals surface area contributed by atoms with Crippen molar-refractivity contribution in [2.24, 2.45) is 0 Å². The molecule has 1 N–H and O–H groups in total. The number of esters is 1. The number of hydrogen-bond donors (Lipinski definition) is 1. The van der Waals surface area contributed by atoms with Crippen molar-refractivity contribution in [3.05, 3.63) is 102 Å². The highest BCUT2D eigenvalue weighted by Gasteiger charge is 2.36. The highest BCUT2D eigenvalue weighted by atomic mass is 16.5. The van der Waals surface area contributed by atoms with Gasteiger partial charge in [0, 0.05) is 18.3 Å². The SMILES string of the molecule is CCOC(=O)CCNC(=O)N1Cc2c(CC)nn(-c3ccccc3)c2-n2cccc2C1c1ccccc1. The summed E-state index contributed by atoms with van der Waals surface area (Å²) in [7, 11) is 0. The van der Waals surface area contributed by atoms with Crippen LogP contribution in [0.4, 0.5) is 4.79 Å². The van der Waals surface area contributed by atoms with E-state index in [4.69, 9.17) is 9.84 Å². The molecule has 0 spiro atoms. The fourth-order valence-electron chi connectivity index (χ4n) is 4.94. The normalized spacial score (nSPS) is 14.4. The number of aryl methyl sites for hydroxylation is 1. The van der Waals surface area contributed by atoms with Crippen LogP contribution >= 0.6 is 0 Å². The summed E-state index contributed by atoms with van der Waals surface area (Å²) >= 11 is 0. The first-order valence-corrected chi connectivity index (χ1v) is 12.7. The summed E-state index contributed by atoms with van der Waals surface area (Å²) in [5.74, 6) is 0.609. The van der Waals surface area contributed by atoms with Crippen LogP contribution in [0.2, 0.25) is 0 Å². The molecule has 1 aliphatic rings. The first-order valence-electron chi connectivity index (χ1n) is 12.7. The van der Waals surface area contributed by atoms with Gasteiger partial charge in [-0.05, 0) is 43.2 Å². The van der Waals surface area contributed by atoms with Crippen LogP contribution in [0, 0.1) is 0 Å². The Labute approximate surface area is 216 Å². The number of nitrogens with zero attached hydrogens (tertiary/aromatic N) is 4. The molecule has 1 unspecified atom stereocenters. The molecular weight excluding hydrogens is 466 g/mol. The number of amides is 2. The van der Waals surface area contributed by atoms with E-state index in [1.807, 2.05) is 82.5 Å². The summed E-state index contributed by atoms with van der Waals surface area (Å²) in [6.45, 7) is 4.74. The zero-order valence-electron chi connectivity index (χ0n) is 21.1. The number of rotatable bonds is 7. The molecule has 190 valence electrons. The maximum absolute atomic E-state index is 13.7. The molecule has 5 rings (SSSR count). The third kappa shape index (κ3) is 4.74. The van der Waals surface area contributed by atoms with Crippen molar-refractivity contribution in [3.8, 4) is 11.5 Å². The average Bonchev–Trinajstić information content (AvgIpc) is 3.51. The summed E-state index contributed by atoms with van der Waals surface area (Å²) < 4.78 is 9.14. The molecule has 2 amide bonds. The van der Waals surface area contributed by atoms with Crippen molar-refractivity contribution in [1.82, 2.24) is 24.6 Å². The van der Waals surface area contributed by atoms with Crippen LogP contribution in [0.5, 0.6) is 0 Å². The number of ether oxygens (including phenoxy) is 1. The van der Waals surface area contributed by atoms with Gasteiger partial charge in [0.25, 0.3) is 0 Å². The molecule has 4 aromatic rings. The van der Waals surface area contributed by atoms with Gasteiger partial charge in [0.05, 0.1) is 42.7 Å². The molecule has 2 aromatic carbocycles. The van der Waals surface area contributed by atoms with Gasteiger partial charge in [-0.25, -0.2) is 9.48 Å². The summed E-state index contributed by atoms with van der Waals surface area (Å²) in [6, 6.07) is 23.6. The molecule has 8 nitrogen and oxygen atoms in total. The summed E-state index contributed by atoms with van der Waals surface area (Å²) in [5, 5.41) is 7.92. The van der Waals surface area contributed by atoms with E-state index in [1.54, 1.807) is 6.92 Å². The first kappa shape index (κ1) is 24.4. The number of urea groups is 1. The predicted molar refractivity (Wildman–Crippen MR) is 141 cm³/mol. The lowest BCUT2D eigenvalue weighted by Gasteiger charge is -2.31. The van der Waals surface area contributed by atoms with Crippen LogP contribution < -0.4 is 5.32 Å². The number of fused-ring (bicyclic) bond motifs is 3. The van der Waals surface area contributed by atoms with Crippen molar-refractivity contribution >= 4 is 12.0 Å². The molecule has 0 aliphatic carbocycles. The van der Waals surface area contributed by atoms with E-state index in [9.17, 15) is 9.59 Å². The Bertz CT molecular complexity index is 1380. The topological polar surface area (TPSA) is 81.4 Å². The number of benzene rings is 2. The Morgan fingerprint density at radius 1 is 1.00 bits per heavy atom. The molecular formula is C29H31N5O3. The predicted octanol–water partition coefficient (Wildman–Crippen LogP) is 4.79. The zero-order chi connectivity index (χ0) is 25.8. The fourth-order valence-corrected chi connectivity index (χ4v) is 4.94. The van der Waals surface area contributed by atoms with E-state index in [0.717, 1.165) is 40.4 Å². The maximum Gasteiger partial charge on any atom is 0.318 e. The number of aromatic nitrogens is 3. The second-order valence-electron chi connectivity index (χ2n) is 8.88. The fraction of sp³-hybridized carbons (Fsp3) is 0.276. The maximum atomic E-state index is 13.7. The second-order valence-corrected chi connectivity index (χ2v) is 8.88. The number of nitrogens with one attached hydrogen (secondary N) is 1. The van der Waals surface area contributed by atoms with Crippen LogP contribution in [0.15, 0.2) is 79.0 Å². The van der Waals surface area contributed by atoms with Crippen LogP contribution in [-0.2, 0) is 22.5 Å². The molecule has 2 aromatic heterocycles. The number of carbonyl (C=O) groups is 2. The number of para-hydroxylation sites is 1. The first-order chi connectivity index (χ1) is 18.1. The Balaban J connectivity index is 1.61. The van der Waals surface area contributed by atoms with E-state index in [1.165, 1.54) is 0 Å². The minimum atomic E-state index is -0.333. The molecule has 0 fully saturated rings. The van der Waals surface area contributed by atoms with E-state index >= 15 is 0 Å². The van der Waals surface area contributed by atoms with Crippen LogP contribution in [0.1, 0.15) is 48.8 Å². The van der Waals surface area contributed by atoms with E-state index < -0.39 is 0 Å². The zero-order valence-corrected chi connectivity index (χ0v) is 21.1. The van der Waals surface area contributed by atoms with Crippen molar-refractivity contribution in [3.63, 3.8) is 0 Å². The van der Waals surface area contributed by atoms with Crippen LogP contribution in [0.25, 0.3) is 11.5 Å². The lowest BCUT2D eigenvalue weighted by molar-refractivity contribution is -0.142. The van der Waals surface area contributed by atoms with Gasteiger partial charge in [0.15, 0.2) is 0 Å². The average molecular weight is 498 g/mol. The van der Waals surface area contributed by atoms with E-state index in [2.05, 4.69) is 22.9 Å². The molecule has 0 radical (unpaired) electrons. The molecule has 1 atom stereocenters. The van der Waals surface area contributed by atoms with E-state index in [0.29, 0.717) is 13.2 Å². The molecule has 0 saturated heterocycles. The van der Waals surface area contributed by atoms with Gasteiger partial charge < -0.3 is 19.5 Å². The lowest BCUT2D eigenvalue weighted by atomic mass is 10.0. The minimum absolute atomic E-state index is 0.122. The third-order valence-corrected chi connectivity index (χ3v) is 6.59. The van der Waals surface area contributed by atoms with Crippen LogP contribution in [-0.4, -0.2) is 44.4 Å². The molecule has 0 saturated carbocycles. The van der Waals surface area contributed by atoms with Crippen LogP contribution in [0.3, 0.4) is 0 Å². The van der Waals surface area contributed by atoms with Crippen molar-refractivity contribution in [2.75, 3.05) is 13.2 Å². The highest BCUT2D eigenvalue weighted by Crippen LogP contribution is 2.38. The van der Waals surface area contributed by atoms with Crippen molar-refractivity contribution in [1.29, 1.82) is 0 Å². The summed E-state index contributed by atoms with van der Waals surface area (Å²) in [6.07, 6.45) is 2.89. The van der Waals surface area contributed by atoms with Gasteiger partial charge in [0.1, 0.15) is 5.82 Å². The molecule has 8 heteroatoms. The Hall–Kier alpha value is -4.33. The van der Waals surface area contributed by atoms with Gasteiger partial charge >= 0.3 is 12.0 Å². The van der Waals surface area contributed by atoms with Gasteiger partial charge in [-0.15, -0.1) is 0 Å². The number of hydrogen-bond acceptors (Lipinski definition) is 4. The number of carbonyl (C=O) groups excluding carboxylic acids is 2. The Kier molecular flexibility index (Phi) is 7.07. The molecule has 0 bridgehead atoms. The highest BCUT2D eigenvalue weighted by molar-refractivity contribution is 5.77. The quantitative estimate of drug-likeness (QED) is 0.372. The lowest BCUT2D eigenvalue weighted by Crippen LogP contribution is -2.42. The standard InChI is InChI=1S/C29H31N5O3/c1-3-24-23-20-33(29(36)30-18-17-26(35)37-4-2)27(21-12-7-5-8-13-21)25-16-11-19-32(25)28(23)34(31-24)22-14-9-6-10-15-22/h5-16,19,27H,3-4,17-18,20H2,1-2H3,(H,30,36). The summed E-state index contributed by atoms with van der Waals surface area (Å²) in [5.41, 5.74) is 4.87. The molecule has 37 heavy (non-hydrogen) atoms. The monoisotopic (exact) mass is 497 g/mol. The smallest absolute Gasteiger partial charge is 0.318 e. The Morgan fingerprint density at radius 2 is 1.73 bits per heavy atom. The van der Waals surface area contributed by atoms with Gasteiger partial charge in [0.2, 0.25) is 0 Å². The van der Waals surface area contributed by atoms with Gasteiger partial charge in [-0.3, -0.25) is 4.79 Å². The Morgan fingerprint density at radius 3 is 2.43 bits per heavy atom. The van der Waals surface area contributed by atoms with Crippen molar-refractivity contribution in [2.45, 2.75) is 39.3 Å². The van der Waals surface area contributed by atoms with E-state index in [-0.39, 0.29) is 31.0 Å². The van der Waals surface area contributed by atoms with Crippen molar-refractivity contribution < 1.29 is 14.3 Å². The van der Waals surface area contributed by atoms with Gasteiger partial charge in [-0.1, -0.05) is 55.5 Å². The minimum Gasteiger partial charge on any atom is -0.466 e. The van der Waals surface area contributed by atoms with Gasteiger partial charge in [-0.2, -0.15) is 5.10 Å². The second kappa shape index (κ2) is 10.7. The third-order valence-electron chi connectivity index (χ3n) is 6.59. The molecule has 3 heterocycles. The molecule has 1 aliphatic heterocycles.